The minimum Gasteiger partial charge on any atom is -0.494 e. The number of carbonyl (C=O) groups is 2. The van der Waals surface area contributed by atoms with Crippen molar-refractivity contribution in [3.63, 3.8) is 0 Å². The second-order valence-corrected chi connectivity index (χ2v) is 9.06. The van der Waals surface area contributed by atoms with Crippen molar-refractivity contribution in [3.8, 4) is 11.5 Å². The fourth-order valence-corrected chi connectivity index (χ4v) is 4.03. The fourth-order valence-electron chi connectivity index (χ4n) is 4.03. The van der Waals surface area contributed by atoms with Crippen LogP contribution in [0.15, 0.2) is 48.5 Å². The second-order valence-electron chi connectivity index (χ2n) is 9.06. The number of rotatable bonds is 19. The van der Waals surface area contributed by atoms with Crippen LogP contribution in [0, 0.1) is 11.8 Å². The van der Waals surface area contributed by atoms with E-state index in [2.05, 4.69) is 24.5 Å². The van der Waals surface area contributed by atoms with Gasteiger partial charge in [-0.3, -0.25) is 9.59 Å². The normalized spacial score (nSPS) is 12.3. The molecule has 0 bridgehead atoms. The van der Waals surface area contributed by atoms with Crippen molar-refractivity contribution in [2.75, 3.05) is 39.4 Å². The molecule has 6 nitrogen and oxygen atoms in total. The first kappa shape index (κ1) is 32.6. The van der Waals surface area contributed by atoms with E-state index in [-0.39, 0.29) is 35.8 Å². The van der Waals surface area contributed by atoms with Gasteiger partial charge < -0.3 is 20.1 Å². The predicted octanol–water partition coefficient (Wildman–Crippen LogP) is 5.98. The van der Waals surface area contributed by atoms with Gasteiger partial charge in [-0.1, -0.05) is 27.7 Å². The Morgan fingerprint density at radius 1 is 0.649 bits per heavy atom. The quantitative estimate of drug-likeness (QED) is 0.217. The highest BCUT2D eigenvalue weighted by molar-refractivity contribution is 5.99. The molecule has 2 N–H and O–H groups in total. The van der Waals surface area contributed by atoms with Gasteiger partial charge in [-0.25, -0.2) is 0 Å². The molecule has 0 fully saturated rings. The van der Waals surface area contributed by atoms with Gasteiger partial charge in [-0.15, -0.1) is 12.4 Å². The van der Waals surface area contributed by atoms with Crippen molar-refractivity contribution in [1.82, 2.24) is 10.6 Å². The lowest BCUT2D eigenvalue weighted by Crippen LogP contribution is -2.32. The Bertz CT molecular complexity index is 827. The molecule has 0 saturated heterocycles. The Kier molecular flexibility index (Phi) is 16.6. The van der Waals surface area contributed by atoms with E-state index in [1.807, 2.05) is 62.4 Å². The van der Waals surface area contributed by atoms with E-state index in [1.54, 1.807) is 0 Å². The van der Waals surface area contributed by atoms with Crippen molar-refractivity contribution in [2.24, 2.45) is 11.8 Å². The summed E-state index contributed by atoms with van der Waals surface area (Å²) in [5.41, 5.74) is 1.36. The van der Waals surface area contributed by atoms with E-state index >= 15 is 0 Å². The molecule has 0 aromatic heterocycles. The maximum atomic E-state index is 13.4. The zero-order valence-corrected chi connectivity index (χ0v) is 23.7. The summed E-state index contributed by atoms with van der Waals surface area (Å²) in [6.45, 7) is 12.3. The Balaban J connectivity index is 0.00000684. The van der Waals surface area contributed by atoms with Gasteiger partial charge in [0.05, 0.1) is 13.2 Å². The van der Waals surface area contributed by atoms with Gasteiger partial charge in [0.2, 0.25) is 0 Å². The van der Waals surface area contributed by atoms with E-state index in [0.717, 1.165) is 37.4 Å². The van der Waals surface area contributed by atoms with Crippen molar-refractivity contribution < 1.29 is 19.1 Å². The molecule has 2 aromatic rings. The number of nitrogens with one attached hydrogen (secondary N) is 2. The molecule has 2 rings (SSSR count). The van der Waals surface area contributed by atoms with Crippen LogP contribution >= 0.6 is 12.4 Å². The van der Waals surface area contributed by atoms with E-state index in [9.17, 15) is 9.59 Å². The molecule has 37 heavy (non-hydrogen) atoms. The van der Waals surface area contributed by atoms with Crippen LogP contribution in [0.2, 0.25) is 0 Å². The number of Topliss-reactive ketones (excluding diaryl/α,β-unsaturated/α-hetero) is 2. The van der Waals surface area contributed by atoms with E-state index in [4.69, 9.17) is 9.47 Å². The lowest BCUT2D eigenvalue weighted by atomic mass is 9.86. The zero-order valence-electron chi connectivity index (χ0n) is 22.9. The van der Waals surface area contributed by atoms with Gasteiger partial charge in [0, 0.05) is 36.1 Å². The van der Waals surface area contributed by atoms with Crippen LogP contribution < -0.4 is 20.1 Å². The van der Waals surface area contributed by atoms with Crippen LogP contribution in [0.1, 0.15) is 74.1 Å². The minimum absolute atomic E-state index is 0. The van der Waals surface area contributed by atoms with Gasteiger partial charge >= 0.3 is 0 Å². The third-order valence-electron chi connectivity index (χ3n) is 6.11. The maximum Gasteiger partial charge on any atom is 0.167 e. The molecule has 0 aliphatic heterocycles. The lowest BCUT2D eigenvalue weighted by molar-refractivity contribution is 0.0865. The molecule has 2 aromatic carbocycles. The van der Waals surface area contributed by atoms with Crippen molar-refractivity contribution in [1.29, 1.82) is 0 Å². The molecular formula is C30H45ClN2O4. The van der Waals surface area contributed by atoms with Crippen molar-refractivity contribution >= 4 is 24.0 Å². The minimum atomic E-state index is -0.200. The number of hydrogen-bond acceptors (Lipinski definition) is 6. The van der Waals surface area contributed by atoms with Gasteiger partial charge in [-0.2, -0.15) is 0 Å². The Morgan fingerprint density at radius 3 is 1.30 bits per heavy atom. The number of ketones is 2. The van der Waals surface area contributed by atoms with Gasteiger partial charge in [0.25, 0.3) is 0 Å². The smallest absolute Gasteiger partial charge is 0.167 e. The molecule has 0 spiro atoms. The molecule has 206 valence electrons. The predicted molar refractivity (Wildman–Crippen MR) is 154 cm³/mol. The molecular weight excluding hydrogens is 488 g/mol. The monoisotopic (exact) mass is 532 g/mol. The second kappa shape index (κ2) is 18.8. The topological polar surface area (TPSA) is 76.7 Å². The highest BCUT2D eigenvalue weighted by Gasteiger charge is 2.25. The van der Waals surface area contributed by atoms with Gasteiger partial charge in [0.1, 0.15) is 11.5 Å². The van der Waals surface area contributed by atoms with Crippen LogP contribution in [-0.2, 0) is 0 Å². The molecule has 0 saturated carbocycles. The Labute approximate surface area is 229 Å². The number of ether oxygens (including phenoxy) is 2. The first-order chi connectivity index (χ1) is 17.5. The number of benzene rings is 2. The first-order valence-corrected chi connectivity index (χ1v) is 13.5. The average Bonchev–Trinajstić information content (AvgIpc) is 2.92. The molecule has 2 atom stereocenters. The zero-order chi connectivity index (χ0) is 26.2. The number of hydrogen-bond donors (Lipinski definition) is 2. The van der Waals surface area contributed by atoms with Crippen LogP contribution in [0.25, 0.3) is 0 Å². The molecule has 0 aliphatic rings. The summed E-state index contributed by atoms with van der Waals surface area (Å²) in [7, 11) is 0. The van der Waals surface area contributed by atoms with Crippen LogP contribution in [0.5, 0.6) is 11.5 Å². The molecule has 2 unspecified atom stereocenters. The molecule has 7 heteroatoms. The summed E-state index contributed by atoms with van der Waals surface area (Å²) in [6.07, 6.45) is 3.16. The number of halogens is 1. The fraction of sp³-hybridized carbons (Fsp3) is 0.533. The summed E-state index contributed by atoms with van der Waals surface area (Å²) in [5, 5.41) is 6.66. The van der Waals surface area contributed by atoms with Crippen LogP contribution in [-0.4, -0.2) is 51.0 Å². The number of carbonyl (C=O) groups excluding carboxylic acids is 2. The summed E-state index contributed by atoms with van der Waals surface area (Å²) < 4.78 is 11.3. The van der Waals surface area contributed by atoms with Gasteiger partial charge in [0.15, 0.2) is 11.6 Å². The molecule has 0 aliphatic carbocycles. The third-order valence-corrected chi connectivity index (χ3v) is 6.11. The Hall–Kier alpha value is -2.41. The molecule has 0 amide bonds. The highest BCUT2D eigenvalue weighted by atomic mass is 35.5. The van der Waals surface area contributed by atoms with Gasteiger partial charge in [-0.05, 0) is 87.3 Å². The molecule has 0 heterocycles. The summed E-state index contributed by atoms with van der Waals surface area (Å²) in [4.78, 5) is 26.7. The lowest BCUT2D eigenvalue weighted by Gasteiger charge is -2.21. The third kappa shape index (κ3) is 11.2. The van der Waals surface area contributed by atoms with Crippen molar-refractivity contribution in [3.05, 3.63) is 59.7 Å². The summed E-state index contributed by atoms with van der Waals surface area (Å²) >= 11 is 0. The van der Waals surface area contributed by atoms with Crippen LogP contribution in [0.4, 0.5) is 0 Å². The summed E-state index contributed by atoms with van der Waals surface area (Å²) in [6, 6.07) is 14.8. The Morgan fingerprint density at radius 2 is 1.00 bits per heavy atom. The van der Waals surface area contributed by atoms with E-state index in [1.165, 1.54) is 0 Å². The average molecular weight is 533 g/mol. The van der Waals surface area contributed by atoms with E-state index in [0.29, 0.717) is 50.3 Å². The largest absolute Gasteiger partial charge is 0.494 e. The van der Waals surface area contributed by atoms with E-state index < -0.39 is 0 Å². The maximum absolute atomic E-state index is 13.4. The highest BCUT2D eigenvalue weighted by Crippen LogP contribution is 2.23. The van der Waals surface area contributed by atoms with Crippen LogP contribution in [0.3, 0.4) is 0 Å². The standard InChI is InChI=1S/C30H44N2O4.ClH/c1-5-19-35-27-15-11-23(12-16-27)29(33)25(21-31-7-3)9-10-26(22-32-8-4)30(34)24-13-17-28(18-14-24)36-20-6-2;/h11-18,25-26,31-32H,5-10,19-22H2,1-4H3;1H. The SMILES string of the molecule is CCCOc1ccc(C(=O)C(CCC(CNCC)C(=O)c2ccc(OCCC)cc2)CNCC)cc1.Cl. The first-order valence-electron chi connectivity index (χ1n) is 13.5. The molecule has 0 radical (unpaired) electrons. The summed E-state index contributed by atoms with van der Waals surface area (Å²) in [5.74, 6) is 1.36. The van der Waals surface area contributed by atoms with Crippen molar-refractivity contribution in [2.45, 2.75) is 53.4 Å².